The summed E-state index contributed by atoms with van der Waals surface area (Å²) >= 11 is 6.10. The zero-order valence-corrected chi connectivity index (χ0v) is 17.8. The number of carbonyl (C=O) groups excluding carboxylic acids is 2. The Hall–Kier alpha value is -2.73. The summed E-state index contributed by atoms with van der Waals surface area (Å²) in [7, 11) is 1.35. The minimum Gasteiger partial charge on any atom is -0.465 e. The van der Waals surface area contributed by atoms with Crippen LogP contribution < -0.4 is 10.6 Å². The second-order valence-corrected chi connectivity index (χ2v) is 7.86. The van der Waals surface area contributed by atoms with Gasteiger partial charge in [-0.1, -0.05) is 54.8 Å². The number of esters is 1. The predicted molar refractivity (Wildman–Crippen MR) is 117 cm³/mol. The van der Waals surface area contributed by atoms with Crippen LogP contribution in [0.2, 0.25) is 5.02 Å². The number of halogens is 1. The number of hydrogen-bond acceptors (Lipinski definition) is 5. The summed E-state index contributed by atoms with van der Waals surface area (Å²) in [5, 5.41) is 6.87. The Bertz CT molecular complexity index is 860. The Morgan fingerprint density at radius 3 is 2.63 bits per heavy atom. The lowest BCUT2D eigenvalue weighted by molar-refractivity contribution is 0.0601. The van der Waals surface area contributed by atoms with E-state index < -0.39 is 12.1 Å². The Morgan fingerprint density at radius 1 is 1.10 bits per heavy atom. The Labute approximate surface area is 181 Å². The maximum Gasteiger partial charge on any atom is 0.407 e. The van der Waals surface area contributed by atoms with E-state index in [4.69, 9.17) is 21.1 Å². The topological polar surface area (TPSA) is 76.7 Å². The lowest BCUT2D eigenvalue weighted by Crippen LogP contribution is -2.44. The van der Waals surface area contributed by atoms with Crippen molar-refractivity contribution in [2.45, 2.75) is 38.3 Å². The highest BCUT2D eigenvalue weighted by Crippen LogP contribution is 2.27. The third-order valence-corrected chi connectivity index (χ3v) is 5.60. The van der Waals surface area contributed by atoms with Crippen LogP contribution in [0, 0.1) is 5.92 Å². The molecule has 0 aliphatic heterocycles. The number of benzene rings is 2. The van der Waals surface area contributed by atoms with Crippen molar-refractivity contribution in [2.75, 3.05) is 19.0 Å². The quantitative estimate of drug-likeness (QED) is 0.603. The average Bonchev–Trinajstić information content (AvgIpc) is 2.77. The number of anilines is 1. The molecule has 0 radical (unpaired) electrons. The predicted octanol–water partition coefficient (Wildman–Crippen LogP) is 5.02. The standard InChI is InChI=1S/C23H27ClN2O4/c1-29-22(27)19-12-11-18(24)13-21(19)25-14-17-9-5-6-10-20(17)26-23(28)30-15-16-7-3-2-4-8-16/h2-4,7-8,11-13,17,20,25H,5-6,9-10,14-15H2,1H3,(H,26,28)/t17-,20-/m0/s1. The van der Waals surface area contributed by atoms with Gasteiger partial charge in [0.15, 0.2) is 0 Å². The number of alkyl carbamates (subject to hydrolysis) is 1. The highest BCUT2D eigenvalue weighted by atomic mass is 35.5. The number of hydrogen-bond donors (Lipinski definition) is 2. The van der Waals surface area contributed by atoms with Gasteiger partial charge < -0.3 is 20.1 Å². The van der Waals surface area contributed by atoms with Crippen molar-refractivity contribution >= 4 is 29.4 Å². The van der Waals surface area contributed by atoms with Gasteiger partial charge in [-0.25, -0.2) is 9.59 Å². The second-order valence-electron chi connectivity index (χ2n) is 7.42. The van der Waals surface area contributed by atoms with Crippen molar-refractivity contribution in [3.63, 3.8) is 0 Å². The van der Waals surface area contributed by atoms with Crippen LogP contribution in [-0.2, 0) is 16.1 Å². The van der Waals surface area contributed by atoms with Gasteiger partial charge in [-0.2, -0.15) is 0 Å². The molecule has 1 saturated carbocycles. The van der Waals surface area contributed by atoms with Crippen molar-refractivity contribution in [1.82, 2.24) is 5.32 Å². The Morgan fingerprint density at radius 2 is 1.87 bits per heavy atom. The summed E-state index contributed by atoms with van der Waals surface area (Å²) in [4.78, 5) is 24.3. The lowest BCUT2D eigenvalue weighted by atomic mass is 9.84. The first-order chi connectivity index (χ1) is 14.6. The SMILES string of the molecule is COC(=O)c1ccc(Cl)cc1NC[C@@H]1CCCC[C@@H]1NC(=O)OCc1ccccc1. The molecule has 1 fully saturated rings. The van der Waals surface area contributed by atoms with Crippen molar-refractivity contribution < 1.29 is 19.1 Å². The number of nitrogens with one attached hydrogen (secondary N) is 2. The van der Waals surface area contributed by atoms with E-state index in [2.05, 4.69) is 10.6 Å². The normalized spacial score (nSPS) is 18.3. The first-order valence-corrected chi connectivity index (χ1v) is 10.5. The molecular formula is C23H27ClN2O4. The van der Waals surface area contributed by atoms with E-state index in [-0.39, 0.29) is 18.6 Å². The second kappa shape index (κ2) is 10.9. The fourth-order valence-electron chi connectivity index (χ4n) is 3.75. The van der Waals surface area contributed by atoms with Crippen LogP contribution in [0.5, 0.6) is 0 Å². The smallest absolute Gasteiger partial charge is 0.407 e. The van der Waals surface area contributed by atoms with E-state index in [1.807, 2.05) is 30.3 Å². The van der Waals surface area contributed by atoms with Crippen molar-refractivity contribution in [1.29, 1.82) is 0 Å². The van der Waals surface area contributed by atoms with Gasteiger partial charge in [0.2, 0.25) is 0 Å². The molecule has 2 aromatic rings. The number of amides is 1. The monoisotopic (exact) mass is 430 g/mol. The van der Waals surface area contributed by atoms with Gasteiger partial charge in [0, 0.05) is 17.6 Å². The summed E-state index contributed by atoms with van der Waals surface area (Å²) in [6.45, 7) is 0.848. The first kappa shape index (κ1) is 22.0. The van der Waals surface area contributed by atoms with E-state index in [0.717, 1.165) is 31.2 Å². The summed E-state index contributed by atoms with van der Waals surface area (Å²) < 4.78 is 10.2. The van der Waals surface area contributed by atoms with Crippen LogP contribution in [-0.4, -0.2) is 31.8 Å². The third-order valence-electron chi connectivity index (χ3n) is 5.37. The highest BCUT2D eigenvalue weighted by molar-refractivity contribution is 6.31. The van der Waals surface area contributed by atoms with E-state index >= 15 is 0 Å². The van der Waals surface area contributed by atoms with Crippen LogP contribution in [0.3, 0.4) is 0 Å². The molecule has 2 N–H and O–H groups in total. The van der Waals surface area contributed by atoms with E-state index in [9.17, 15) is 9.59 Å². The number of rotatable bonds is 7. The highest BCUT2D eigenvalue weighted by Gasteiger charge is 2.27. The molecule has 2 atom stereocenters. The minimum atomic E-state index is -0.419. The summed E-state index contributed by atoms with van der Waals surface area (Å²) in [5.74, 6) is -0.204. The molecule has 6 nitrogen and oxygen atoms in total. The Kier molecular flexibility index (Phi) is 7.97. The largest absolute Gasteiger partial charge is 0.465 e. The van der Waals surface area contributed by atoms with Crippen LogP contribution in [0.4, 0.5) is 10.5 Å². The molecule has 0 heterocycles. The van der Waals surface area contributed by atoms with Crippen LogP contribution in [0.15, 0.2) is 48.5 Å². The van der Waals surface area contributed by atoms with Gasteiger partial charge in [0.1, 0.15) is 6.61 Å². The van der Waals surface area contributed by atoms with E-state index in [0.29, 0.717) is 22.8 Å². The molecule has 30 heavy (non-hydrogen) atoms. The molecular weight excluding hydrogens is 404 g/mol. The average molecular weight is 431 g/mol. The maximum atomic E-state index is 12.3. The van der Waals surface area contributed by atoms with Crippen LogP contribution in [0.25, 0.3) is 0 Å². The molecule has 1 aliphatic rings. The van der Waals surface area contributed by atoms with Gasteiger partial charge in [-0.3, -0.25) is 0 Å². The van der Waals surface area contributed by atoms with Crippen molar-refractivity contribution in [3.05, 3.63) is 64.7 Å². The zero-order chi connectivity index (χ0) is 21.3. The molecule has 1 aliphatic carbocycles. The zero-order valence-electron chi connectivity index (χ0n) is 17.0. The molecule has 7 heteroatoms. The van der Waals surface area contributed by atoms with Gasteiger partial charge in [0.05, 0.1) is 18.4 Å². The Balaban J connectivity index is 1.57. The number of carbonyl (C=O) groups is 2. The third kappa shape index (κ3) is 6.13. The van der Waals surface area contributed by atoms with Gasteiger partial charge >= 0.3 is 12.1 Å². The lowest BCUT2D eigenvalue weighted by Gasteiger charge is -2.32. The fraction of sp³-hybridized carbons (Fsp3) is 0.391. The molecule has 0 unspecified atom stereocenters. The number of ether oxygens (including phenoxy) is 2. The summed E-state index contributed by atoms with van der Waals surface area (Å²) in [5.41, 5.74) is 2.01. The van der Waals surface area contributed by atoms with Crippen LogP contribution >= 0.6 is 11.6 Å². The van der Waals surface area contributed by atoms with Gasteiger partial charge in [-0.05, 0) is 42.5 Å². The minimum absolute atomic E-state index is 0.00952. The number of methoxy groups -OCH3 is 1. The molecule has 160 valence electrons. The summed E-state index contributed by atoms with van der Waals surface area (Å²) in [6.07, 6.45) is 3.62. The summed E-state index contributed by atoms with van der Waals surface area (Å²) in [6, 6.07) is 14.6. The van der Waals surface area contributed by atoms with Crippen LogP contribution in [0.1, 0.15) is 41.6 Å². The van der Waals surface area contributed by atoms with E-state index in [1.54, 1.807) is 18.2 Å². The van der Waals surface area contributed by atoms with Crippen molar-refractivity contribution in [2.24, 2.45) is 5.92 Å². The molecule has 0 spiro atoms. The molecule has 0 saturated heterocycles. The van der Waals surface area contributed by atoms with Gasteiger partial charge in [-0.15, -0.1) is 0 Å². The molecule has 0 bridgehead atoms. The molecule has 3 rings (SSSR count). The molecule has 2 aromatic carbocycles. The maximum absolute atomic E-state index is 12.3. The van der Waals surface area contributed by atoms with E-state index in [1.165, 1.54) is 7.11 Å². The molecule has 0 aromatic heterocycles. The first-order valence-electron chi connectivity index (χ1n) is 10.2. The molecule has 1 amide bonds. The van der Waals surface area contributed by atoms with Crippen molar-refractivity contribution in [3.8, 4) is 0 Å². The van der Waals surface area contributed by atoms with Gasteiger partial charge in [0.25, 0.3) is 0 Å². The fourth-order valence-corrected chi connectivity index (χ4v) is 3.92.